The number of allylic oxidation sites excluding steroid dienone is 2. The molecule has 0 heterocycles. The van der Waals surface area contributed by atoms with E-state index in [1.807, 2.05) is 20.8 Å². The van der Waals surface area contributed by atoms with Crippen LogP contribution in [0.5, 0.6) is 0 Å². The van der Waals surface area contributed by atoms with E-state index < -0.39 is 0 Å². The Balaban J connectivity index is 2.74. The zero-order valence-corrected chi connectivity index (χ0v) is 18.4. The first-order valence-corrected chi connectivity index (χ1v) is 9.48. The molecule has 1 atom stereocenters. The summed E-state index contributed by atoms with van der Waals surface area (Å²) in [6, 6.07) is 0. The second-order valence-electron chi connectivity index (χ2n) is 8.94. The third-order valence-electron chi connectivity index (χ3n) is 6.85. The minimum absolute atomic E-state index is 0.0876. The van der Waals surface area contributed by atoms with Gasteiger partial charge in [-0.2, -0.15) is 0 Å². The molecule has 4 nitrogen and oxygen atoms in total. The molecule has 1 aliphatic carbocycles. The molecule has 0 bridgehead atoms. The predicted octanol–water partition coefficient (Wildman–Crippen LogP) is 4.75. The molecule has 0 radical (unpaired) electrons. The van der Waals surface area contributed by atoms with Gasteiger partial charge in [-0.3, -0.25) is 9.59 Å². The highest BCUT2D eigenvalue weighted by atomic mass is 16.5. The number of hydrogen-bond acceptors (Lipinski definition) is 3. The molecule has 1 unspecified atom stereocenters. The third-order valence-corrected chi connectivity index (χ3v) is 6.85. The zero-order valence-electron chi connectivity index (χ0n) is 18.4. The first kappa shape index (κ1) is 22.5. The molecular formula is C22H37NO3. The van der Waals surface area contributed by atoms with Gasteiger partial charge in [-0.25, -0.2) is 0 Å². The molecule has 4 heteroatoms. The van der Waals surface area contributed by atoms with E-state index in [0.717, 1.165) is 0 Å². The topological polar surface area (TPSA) is 46.6 Å². The lowest BCUT2D eigenvalue weighted by atomic mass is 9.76. The number of nitrogens with zero attached hydrogens (tertiary/aromatic N) is 1. The minimum Gasteiger partial charge on any atom is -0.464 e. The van der Waals surface area contributed by atoms with Crippen LogP contribution in [-0.4, -0.2) is 37.5 Å². The quantitative estimate of drug-likeness (QED) is 0.613. The van der Waals surface area contributed by atoms with Gasteiger partial charge in [-0.05, 0) is 57.6 Å². The Morgan fingerprint density at radius 2 is 1.54 bits per heavy atom. The summed E-state index contributed by atoms with van der Waals surface area (Å²) >= 11 is 0. The molecule has 1 aliphatic rings. The zero-order chi connectivity index (χ0) is 20.4. The van der Waals surface area contributed by atoms with E-state index in [1.54, 1.807) is 19.0 Å². The van der Waals surface area contributed by atoms with Crippen molar-refractivity contribution in [3.05, 3.63) is 22.3 Å². The smallest absolute Gasteiger partial charge is 0.309 e. The molecule has 0 aromatic carbocycles. The van der Waals surface area contributed by atoms with Crippen molar-refractivity contribution in [2.24, 2.45) is 16.7 Å². The SMILES string of the molecule is CC1=C(C)C(C)(COC(=O)C(C)C(C)(C)CCC(=O)N(C)C)C(C)=C1C. The first-order chi connectivity index (χ1) is 11.8. The maximum atomic E-state index is 12.7. The van der Waals surface area contributed by atoms with Crippen LogP contribution < -0.4 is 0 Å². The number of amides is 1. The van der Waals surface area contributed by atoms with E-state index in [9.17, 15) is 9.59 Å². The molecule has 0 saturated carbocycles. The van der Waals surface area contributed by atoms with Gasteiger partial charge < -0.3 is 9.64 Å². The Morgan fingerprint density at radius 3 is 1.96 bits per heavy atom. The van der Waals surface area contributed by atoms with E-state index >= 15 is 0 Å². The molecule has 1 rings (SSSR count). The van der Waals surface area contributed by atoms with Gasteiger partial charge in [0.1, 0.15) is 6.61 Å². The second-order valence-corrected chi connectivity index (χ2v) is 8.94. The Bertz CT molecular complexity index is 614. The van der Waals surface area contributed by atoms with Crippen molar-refractivity contribution in [3.8, 4) is 0 Å². The molecule has 0 aromatic heterocycles. The Hall–Kier alpha value is -1.58. The van der Waals surface area contributed by atoms with Gasteiger partial charge in [0.25, 0.3) is 0 Å². The summed E-state index contributed by atoms with van der Waals surface area (Å²) in [5.74, 6) is -0.362. The molecule has 1 amide bonds. The van der Waals surface area contributed by atoms with Crippen LogP contribution in [0.2, 0.25) is 0 Å². The van der Waals surface area contributed by atoms with E-state index in [1.165, 1.54) is 22.3 Å². The fourth-order valence-corrected chi connectivity index (χ4v) is 3.42. The monoisotopic (exact) mass is 363 g/mol. The van der Waals surface area contributed by atoms with Gasteiger partial charge in [0.05, 0.1) is 5.92 Å². The van der Waals surface area contributed by atoms with Crippen molar-refractivity contribution in [2.75, 3.05) is 20.7 Å². The highest BCUT2D eigenvalue weighted by Crippen LogP contribution is 2.46. The van der Waals surface area contributed by atoms with E-state index in [2.05, 4.69) is 34.6 Å². The lowest BCUT2D eigenvalue weighted by Crippen LogP contribution is -2.34. The summed E-state index contributed by atoms with van der Waals surface area (Å²) in [5.41, 5.74) is 4.66. The number of carbonyl (C=O) groups is 2. The number of esters is 1. The minimum atomic E-state index is -0.291. The highest BCUT2D eigenvalue weighted by Gasteiger charge is 2.39. The van der Waals surface area contributed by atoms with Crippen molar-refractivity contribution in [1.29, 1.82) is 0 Å². The second kappa shape index (κ2) is 7.98. The Kier molecular flexibility index (Phi) is 6.89. The number of carbonyl (C=O) groups excluding carboxylic acids is 2. The van der Waals surface area contributed by atoms with E-state index in [-0.39, 0.29) is 28.6 Å². The maximum absolute atomic E-state index is 12.7. The summed E-state index contributed by atoms with van der Waals surface area (Å²) in [6.07, 6.45) is 1.10. The van der Waals surface area contributed by atoms with Crippen LogP contribution in [0.1, 0.15) is 68.2 Å². The lowest BCUT2D eigenvalue weighted by molar-refractivity contribution is -0.154. The lowest BCUT2D eigenvalue weighted by Gasteiger charge is -2.33. The van der Waals surface area contributed by atoms with Crippen LogP contribution in [0.3, 0.4) is 0 Å². The summed E-state index contributed by atoms with van der Waals surface area (Å²) < 4.78 is 5.77. The van der Waals surface area contributed by atoms with Crippen molar-refractivity contribution in [2.45, 2.75) is 68.2 Å². The van der Waals surface area contributed by atoms with Crippen LogP contribution in [-0.2, 0) is 14.3 Å². The highest BCUT2D eigenvalue weighted by molar-refractivity contribution is 5.76. The average Bonchev–Trinajstić information content (AvgIpc) is 2.72. The Labute approximate surface area is 159 Å². The van der Waals surface area contributed by atoms with Crippen molar-refractivity contribution < 1.29 is 14.3 Å². The molecule has 0 spiro atoms. The molecule has 0 saturated heterocycles. The number of rotatable bonds is 7. The van der Waals surface area contributed by atoms with Gasteiger partial charge in [-0.1, -0.05) is 31.9 Å². The van der Waals surface area contributed by atoms with E-state index in [4.69, 9.17) is 4.74 Å². The number of hydrogen-bond donors (Lipinski definition) is 0. The molecule has 0 N–H and O–H groups in total. The standard InChI is InChI=1S/C22H37NO3/c1-14-15(2)17(4)22(8,16(14)3)13-26-20(25)18(5)21(6,7)12-11-19(24)23(9)10/h18H,11-13H2,1-10H3. The molecule has 0 aromatic rings. The van der Waals surface area contributed by atoms with Gasteiger partial charge >= 0.3 is 5.97 Å². The van der Waals surface area contributed by atoms with Crippen molar-refractivity contribution in [1.82, 2.24) is 4.90 Å². The van der Waals surface area contributed by atoms with Crippen LogP contribution in [0.15, 0.2) is 22.3 Å². The molecule has 0 aliphatic heterocycles. The number of ether oxygens (including phenoxy) is 1. The van der Waals surface area contributed by atoms with Gasteiger partial charge in [0, 0.05) is 25.9 Å². The van der Waals surface area contributed by atoms with Crippen LogP contribution in [0.25, 0.3) is 0 Å². The molecule has 148 valence electrons. The summed E-state index contributed by atoms with van der Waals surface area (Å²) in [4.78, 5) is 26.1. The predicted molar refractivity (Wildman–Crippen MR) is 107 cm³/mol. The molecule has 0 fully saturated rings. The van der Waals surface area contributed by atoms with Gasteiger partial charge in [-0.15, -0.1) is 0 Å². The normalized spacial score (nSPS) is 18.2. The average molecular weight is 364 g/mol. The van der Waals surface area contributed by atoms with Gasteiger partial charge in [0.2, 0.25) is 5.91 Å². The van der Waals surface area contributed by atoms with Gasteiger partial charge in [0.15, 0.2) is 0 Å². The van der Waals surface area contributed by atoms with E-state index in [0.29, 0.717) is 19.4 Å². The fraction of sp³-hybridized carbons (Fsp3) is 0.727. The summed E-state index contributed by atoms with van der Waals surface area (Å²) in [5, 5.41) is 0. The fourth-order valence-electron chi connectivity index (χ4n) is 3.42. The summed E-state index contributed by atoms with van der Waals surface area (Å²) in [7, 11) is 3.51. The summed E-state index contributed by atoms with van der Waals surface area (Å²) in [6.45, 7) is 17.0. The van der Waals surface area contributed by atoms with Crippen molar-refractivity contribution >= 4 is 11.9 Å². The maximum Gasteiger partial charge on any atom is 0.309 e. The third kappa shape index (κ3) is 4.39. The largest absolute Gasteiger partial charge is 0.464 e. The van der Waals surface area contributed by atoms with Crippen LogP contribution >= 0.6 is 0 Å². The van der Waals surface area contributed by atoms with Crippen molar-refractivity contribution in [3.63, 3.8) is 0 Å². The van der Waals surface area contributed by atoms with Crippen LogP contribution in [0.4, 0.5) is 0 Å². The molecule has 26 heavy (non-hydrogen) atoms. The Morgan fingerprint density at radius 1 is 1.08 bits per heavy atom. The first-order valence-electron chi connectivity index (χ1n) is 9.48. The van der Waals surface area contributed by atoms with Crippen LogP contribution in [0, 0.1) is 16.7 Å². The molecular weight excluding hydrogens is 326 g/mol.